The third kappa shape index (κ3) is 27.4. The molecular weight excluding hydrogens is 380 g/mol. The van der Waals surface area contributed by atoms with Crippen LogP contribution in [0.1, 0.15) is 174 Å². The van der Waals surface area contributed by atoms with Gasteiger partial charge in [0.1, 0.15) is 0 Å². The number of esters is 1. The van der Waals surface area contributed by atoms with E-state index in [0.717, 1.165) is 12.8 Å². The van der Waals surface area contributed by atoms with Gasteiger partial charge in [0.05, 0.1) is 6.61 Å². The second-order valence-electron chi connectivity index (χ2n) is 9.75. The Hall–Kier alpha value is -0.530. The minimum Gasteiger partial charge on any atom is -0.466 e. The van der Waals surface area contributed by atoms with Crippen molar-refractivity contribution in [3.63, 3.8) is 0 Å². The maximum Gasteiger partial charge on any atom is 0.305 e. The molecule has 0 radical (unpaired) electrons. The second kappa shape index (κ2) is 27.5. The number of rotatable bonds is 26. The SMILES string of the molecule is CCCCCCCCCCCCCCCCCCCCCC(=O)OCCCCCCC. The number of hydrogen-bond donors (Lipinski definition) is 0. The molecule has 0 amide bonds. The molecule has 0 saturated carbocycles. The fourth-order valence-electron chi connectivity index (χ4n) is 4.31. The van der Waals surface area contributed by atoms with E-state index in [1.165, 1.54) is 141 Å². The lowest BCUT2D eigenvalue weighted by Gasteiger charge is -2.05. The fraction of sp³-hybridized carbons (Fsp3) is 0.966. The summed E-state index contributed by atoms with van der Waals surface area (Å²) in [6.07, 6.45) is 33.0. The molecule has 0 atom stereocenters. The first-order valence-corrected chi connectivity index (χ1v) is 14.5. The topological polar surface area (TPSA) is 26.3 Å². The summed E-state index contributed by atoms with van der Waals surface area (Å²) in [7, 11) is 0. The molecule has 0 aliphatic heterocycles. The van der Waals surface area contributed by atoms with E-state index in [0.29, 0.717) is 13.0 Å². The zero-order valence-electron chi connectivity index (χ0n) is 21.7. The van der Waals surface area contributed by atoms with Gasteiger partial charge in [-0.25, -0.2) is 0 Å². The van der Waals surface area contributed by atoms with Gasteiger partial charge in [0, 0.05) is 6.42 Å². The van der Waals surface area contributed by atoms with E-state index in [9.17, 15) is 4.79 Å². The first-order valence-electron chi connectivity index (χ1n) is 14.5. The Morgan fingerprint density at radius 2 is 0.710 bits per heavy atom. The average Bonchev–Trinajstić information content (AvgIpc) is 2.77. The van der Waals surface area contributed by atoms with Crippen LogP contribution in [0.2, 0.25) is 0 Å². The molecule has 186 valence electrons. The van der Waals surface area contributed by atoms with Crippen molar-refractivity contribution in [3.8, 4) is 0 Å². The fourth-order valence-corrected chi connectivity index (χ4v) is 4.31. The summed E-state index contributed by atoms with van der Waals surface area (Å²) >= 11 is 0. The average molecular weight is 439 g/mol. The van der Waals surface area contributed by atoms with Crippen LogP contribution < -0.4 is 0 Å². The van der Waals surface area contributed by atoms with Crippen LogP contribution in [0.15, 0.2) is 0 Å². The highest BCUT2D eigenvalue weighted by atomic mass is 16.5. The first kappa shape index (κ1) is 30.5. The van der Waals surface area contributed by atoms with Gasteiger partial charge in [0.25, 0.3) is 0 Å². The predicted octanol–water partition coefficient (Wildman–Crippen LogP) is 10.3. The van der Waals surface area contributed by atoms with E-state index in [1.807, 2.05) is 0 Å². The van der Waals surface area contributed by atoms with Gasteiger partial charge in [0.2, 0.25) is 0 Å². The van der Waals surface area contributed by atoms with Crippen LogP contribution in [0.25, 0.3) is 0 Å². The van der Waals surface area contributed by atoms with Crippen molar-refractivity contribution in [2.75, 3.05) is 6.61 Å². The Morgan fingerprint density at radius 1 is 0.419 bits per heavy atom. The number of ether oxygens (including phenoxy) is 1. The van der Waals surface area contributed by atoms with Crippen LogP contribution in [0, 0.1) is 0 Å². The van der Waals surface area contributed by atoms with Crippen LogP contribution in [0.3, 0.4) is 0 Å². The molecule has 0 saturated heterocycles. The van der Waals surface area contributed by atoms with Crippen molar-refractivity contribution in [2.24, 2.45) is 0 Å². The van der Waals surface area contributed by atoms with E-state index < -0.39 is 0 Å². The van der Waals surface area contributed by atoms with Crippen molar-refractivity contribution >= 4 is 5.97 Å². The summed E-state index contributed by atoms with van der Waals surface area (Å²) in [6, 6.07) is 0. The Balaban J connectivity index is 3.09. The third-order valence-electron chi connectivity index (χ3n) is 6.50. The maximum absolute atomic E-state index is 11.7. The quantitative estimate of drug-likeness (QED) is 0.0991. The van der Waals surface area contributed by atoms with Gasteiger partial charge >= 0.3 is 5.97 Å². The van der Waals surface area contributed by atoms with Gasteiger partial charge in [-0.15, -0.1) is 0 Å². The summed E-state index contributed by atoms with van der Waals surface area (Å²) in [4.78, 5) is 11.7. The van der Waals surface area contributed by atoms with Crippen LogP contribution in [-0.4, -0.2) is 12.6 Å². The van der Waals surface area contributed by atoms with Crippen molar-refractivity contribution in [1.29, 1.82) is 0 Å². The smallest absolute Gasteiger partial charge is 0.305 e. The lowest BCUT2D eigenvalue weighted by Crippen LogP contribution is -2.05. The van der Waals surface area contributed by atoms with Crippen molar-refractivity contribution in [2.45, 2.75) is 174 Å². The zero-order valence-corrected chi connectivity index (χ0v) is 21.7. The highest BCUT2D eigenvalue weighted by Gasteiger charge is 2.02. The van der Waals surface area contributed by atoms with Gasteiger partial charge in [-0.1, -0.05) is 155 Å². The molecule has 0 spiro atoms. The van der Waals surface area contributed by atoms with Crippen LogP contribution >= 0.6 is 0 Å². The Bertz CT molecular complexity index is 340. The van der Waals surface area contributed by atoms with Gasteiger partial charge in [-0.3, -0.25) is 4.79 Å². The minimum atomic E-state index is 0.0162. The van der Waals surface area contributed by atoms with Crippen LogP contribution in [0.4, 0.5) is 0 Å². The summed E-state index contributed by atoms with van der Waals surface area (Å²) in [6.45, 7) is 5.14. The monoisotopic (exact) mass is 438 g/mol. The standard InChI is InChI=1S/C29H58O2/c1-3-5-7-9-10-11-12-13-14-15-16-17-18-19-20-21-22-23-25-27-29(30)31-28-26-24-8-6-4-2/h3-28H2,1-2H3. The molecule has 0 aromatic heterocycles. The Kier molecular flexibility index (Phi) is 27.0. The molecule has 0 N–H and O–H groups in total. The molecule has 2 nitrogen and oxygen atoms in total. The minimum absolute atomic E-state index is 0.0162. The molecule has 0 aromatic carbocycles. The van der Waals surface area contributed by atoms with Crippen LogP contribution in [-0.2, 0) is 9.53 Å². The normalized spacial score (nSPS) is 11.2. The van der Waals surface area contributed by atoms with E-state index in [4.69, 9.17) is 4.74 Å². The summed E-state index contributed by atoms with van der Waals surface area (Å²) in [5.41, 5.74) is 0. The predicted molar refractivity (Wildman–Crippen MR) is 138 cm³/mol. The molecule has 0 bridgehead atoms. The molecule has 0 heterocycles. The lowest BCUT2D eigenvalue weighted by atomic mass is 10.0. The van der Waals surface area contributed by atoms with Gasteiger partial charge in [0.15, 0.2) is 0 Å². The second-order valence-corrected chi connectivity index (χ2v) is 9.75. The molecular formula is C29H58O2. The first-order chi connectivity index (χ1) is 15.3. The molecule has 0 unspecified atom stereocenters. The van der Waals surface area contributed by atoms with Crippen molar-refractivity contribution < 1.29 is 9.53 Å². The number of hydrogen-bond acceptors (Lipinski definition) is 2. The molecule has 0 aromatic rings. The highest BCUT2D eigenvalue weighted by molar-refractivity contribution is 5.69. The van der Waals surface area contributed by atoms with Gasteiger partial charge < -0.3 is 4.74 Å². The van der Waals surface area contributed by atoms with E-state index in [2.05, 4.69) is 13.8 Å². The van der Waals surface area contributed by atoms with Gasteiger partial charge in [-0.2, -0.15) is 0 Å². The number of carbonyl (C=O) groups excluding carboxylic acids is 1. The van der Waals surface area contributed by atoms with E-state index in [-0.39, 0.29) is 5.97 Å². The highest BCUT2D eigenvalue weighted by Crippen LogP contribution is 2.15. The van der Waals surface area contributed by atoms with Crippen LogP contribution in [0.5, 0.6) is 0 Å². The van der Waals surface area contributed by atoms with E-state index in [1.54, 1.807) is 0 Å². The maximum atomic E-state index is 11.7. The summed E-state index contributed by atoms with van der Waals surface area (Å²) in [5, 5.41) is 0. The zero-order chi connectivity index (χ0) is 22.7. The largest absolute Gasteiger partial charge is 0.466 e. The lowest BCUT2D eigenvalue weighted by molar-refractivity contribution is -0.143. The molecule has 0 fully saturated rings. The van der Waals surface area contributed by atoms with Crippen molar-refractivity contribution in [3.05, 3.63) is 0 Å². The van der Waals surface area contributed by atoms with Gasteiger partial charge in [-0.05, 0) is 12.8 Å². The molecule has 31 heavy (non-hydrogen) atoms. The summed E-state index contributed by atoms with van der Waals surface area (Å²) < 4.78 is 5.32. The van der Waals surface area contributed by atoms with E-state index >= 15 is 0 Å². The Morgan fingerprint density at radius 3 is 1.06 bits per heavy atom. The number of carbonyl (C=O) groups is 1. The molecule has 0 aliphatic rings. The third-order valence-corrected chi connectivity index (χ3v) is 6.50. The molecule has 0 aliphatic carbocycles. The van der Waals surface area contributed by atoms with Crippen molar-refractivity contribution in [1.82, 2.24) is 0 Å². The molecule has 0 rings (SSSR count). The summed E-state index contributed by atoms with van der Waals surface area (Å²) in [5.74, 6) is 0.0162. The number of unbranched alkanes of at least 4 members (excludes halogenated alkanes) is 22. The Labute approximate surface area is 196 Å². The molecule has 2 heteroatoms.